The lowest BCUT2D eigenvalue weighted by Crippen LogP contribution is -2.34. The molecule has 2 aromatic heterocycles. The second-order valence-electron chi connectivity index (χ2n) is 8.20. The van der Waals surface area contributed by atoms with Gasteiger partial charge in [0.1, 0.15) is 11.5 Å². The highest BCUT2D eigenvalue weighted by Crippen LogP contribution is 2.37. The Morgan fingerprint density at radius 1 is 1.03 bits per heavy atom. The van der Waals surface area contributed by atoms with Gasteiger partial charge in [0, 0.05) is 10.9 Å². The number of benzene rings is 2. The summed E-state index contributed by atoms with van der Waals surface area (Å²) in [5.41, 5.74) is 3.76. The number of hydrogen-bond donors (Lipinski definition) is 1. The molecule has 0 spiro atoms. The van der Waals surface area contributed by atoms with E-state index in [1.54, 1.807) is 24.5 Å². The number of furan rings is 1. The number of pyridine rings is 1. The van der Waals surface area contributed by atoms with Crippen LogP contribution in [0.1, 0.15) is 44.2 Å². The van der Waals surface area contributed by atoms with Crippen LogP contribution in [-0.4, -0.2) is 36.5 Å². The Balaban J connectivity index is 1.35. The van der Waals surface area contributed by atoms with Gasteiger partial charge in [0.2, 0.25) is 0 Å². The Kier molecular flexibility index (Phi) is 6.32. The highest BCUT2D eigenvalue weighted by molar-refractivity contribution is 6.09. The molecule has 4 aromatic rings. The fourth-order valence-corrected chi connectivity index (χ4v) is 4.24. The zero-order valence-corrected chi connectivity index (χ0v) is 19.4. The summed E-state index contributed by atoms with van der Waals surface area (Å²) in [6, 6.07) is 17.3. The van der Waals surface area contributed by atoms with Gasteiger partial charge in [0.25, 0.3) is 11.8 Å². The van der Waals surface area contributed by atoms with Gasteiger partial charge >= 0.3 is 5.97 Å². The van der Waals surface area contributed by atoms with Crippen molar-refractivity contribution in [2.45, 2.75) is 12.8 Å². The van der Waals surface area contributed by atoms with E-state index in [0.717, 1.165) is 16.8 Å². The van der Waals surface area contributed by atoms with E-state index < -0.39 is 24.4 Å². The third kappa shape index (κ3) is 4.61. The molecule has 2 heterocycles. The summed E-state index contributed by atoms with van der Waals surface area (Å²) in [6.07, 6.45) is 4.81. The quantitative estimate of drug-likeness (QED) is 0.405. The van der Waals surface area contributed by atoms with Crippen LogP contribution in [-0.2, 0) is 16.0 Å². The molecule has 2 amide bonds. The van der Waals surface area contributed by atoms with Crippen molar-refractivity contribution in [1.29, 1.82) is 0 Å². The molecule has 36 heavy (non-hydrogen) atoms. The summed E-state index contributed by atoms with van der Waals surface area (Å²) in [7, 11) is 1.52. The number of nitrogens with one attached hydrogen (secondary N) is 1. The van der Waals surface area contributed by atoms with Crippen molar-refractivity contribution >= 4 is 40.3 Å². The number of methoxy groups -OCH3 is 1. The molecule has 1 N–H and O–H groups in total. The number of rotatable bonds is 6. The van der Waals surface area contributed by atoms with Gasteiger partial charge in [0.15, 0.2) is 6.61 Å². The summed E-state index contributed by atoms with van der Waals surface area (Å²) < 4.78 is 15.9. The first-order valence-corrected chi connectivity index (χ1v) is 11.3. The van der Waals surface area contributed by atoms with E-state index in [0.29, 0.717) is 40.8 Å². The fraction of sp³-hybridized carbons (Fsp3) is 0.143. The van der Waals surface area contributed by atoms with Gasteiger partial charge in [-0.2, -0.15) is 0 Å². The van der Waals surface area contributed by atoms with E-state index in [-0.39, 0.29) is 5.56 Å². The molecule has 0 atom stereocenters. The number of amides is 2. The molecule has 1 aliphatic rings. The monoisotopic (exact) mass is 482 g/mol. The minimum absolute atomic E-state index is 0.282. The van der Waals surface area contributed by atoms with Crippen LogP contribution >= 0.6 is 0 Å². The molecule has 0 fully saturated rings. The maximum absolute atomic E-state index is 13.2. The highest BCUT2D eigenvalue weighted by atomic mass is 16.5. The van der Waals surface area contributed by atoms with Crippen LogP contribution in [0.15, 0.2) is 71.3 Å². The highest BCUT2D eigenvalue weighted by Gasteiger charge is 2.28. The molecule has 0 saturated carbocycles. The number of aromatic nitrogens is 1. The first kappa shape index (κ1) is 23.0. The molecule has 180 valence electrons. The van der Waals surface area contributed by atoms with Crippen LogP contribution < -0.4 is 10.1 Å². The number of hydrogen-bond acceptors (Lipinski definition) is 7. The van der Waals surface area contributed by atoms with Crippen LogP contribution in [0, 0.1) is 0 Å². The molecule has 8 heteroatoms. The lowest BCUT2D eigenvalue weighted by molar-refractivity contribution is -0.123. The number of esters is 1. The van der Waals surface area contributed by atoms with E-state index in [1.807, 2.05) is 36.4 Å². The third-order valence-corrected chi connectivity index (χ3v) is 5.95. The van der Waals surface area contributed by atoms with Crippen LogP contribution in [0.2, 0.25) is 0 Å². The lowest BCUT2D eigenvalue weighted by atomic mass is 10.0. The first-order chi connectivity index (χ1) is 17.5. The van der Waals surface area contributed by atoms with Crippen LogP contribution in [0.5, 0.6) is 5.75 Å². The number of carbonyl (C=O) groups is 3. The normalized spacial score (nSPS) is 13.4. The van der Waals surface area contributed by atoms with E-state index >= 15 is 0 Å². The van der Waals surface area contributed by atoms with Crippen molar-refractivity contribution in [2.24, 2.45) is 0 Å². The second kappa shape index (κ2) is 9.87. The topological polar surface area (TPSA) is 108 Å². The van der Waals surface area contributed by atoms with Crippen LogP contribution in [0.4, 0.5) is 0 Å². The Labute approximate surface area is 206 Å². The molecule has 8 nitrogen and oxygen atoms in total. The molecule has 1 aliphatic carbocycles. The third-order valence-electron chi connectivity index (χ3n) is 5.95. The second-order valence-corrected chi connectivity index (χ2v) is 8.20. The zero-order valence-electron chi connectivity index (χ0n) is 19.4. The van der Waals surface area contributed by atoms with Gasteiger partial charge in [-0.15, -0.1) is 0 Å². The van der Waals surface area contributed by atoms with Gasteiger partial charge in [0.05, 0.1) is 30.1 Å². The number of carbonyl (C=O) groups excluding carboxylic acids is 3. The van der Waals surface area contributed by atoms with Crippen molar-refractivity contribution in [1.82, 2.24) is 10.3 Å². The minimum Gasteiger partial charge on any atom is -0.497 e. The van der Waals surface area contributed by atoms with Crippen molar-refractivity contribution < 1.29 is 28.3 Å². The molecule has 0 radical (unpaired) electrons. The SMILES string of the molecule is COc1ccc(C(=O)NC(=O)COC(=O)c2c3c(nc4ccccc24)/C(=C/c2ccco2)CC3)cc1. The fourth-order valence-electron chi connectivity index (χ4n) is 4.24. The van der Waals surface area contributed by atoms with Crippen molar-refractivity contribution in [3.05, 3.63) is 95.1 Å². The summed E-state index contributed by atoms with van der Waals surface area (Å²) in [5.74, 6) is -0.670. The molecular weight excluding hydrogens is 460 g/mol. The Morgan fingerprint density at radius 2 is 1.83 bits per heavy atom. The van der Waals surface area contributed by atoms with Gasteiger partial charge in [-0.25, -0.2) is 9.78 Å². The average molecular weight is 482 g/mol. The molecule has 5 rings (SSSR count). The molecule has 0 bridgehead atoms. The van der Waals surface area contributed by atoms with Crippen molar-refractivity contribution in [3.8, 4) is 5.75 Å². The summed E-state index contributed by atoms with van der Waals surface area (Å²) >= 11 is 0. The molecule has 0 saturated heterocycles. The number of imide groups is 1. The Morgan fingerprint density at radius 3 is 2.58 bits per heavy atom. The smallest absolute Gasteiger partial charge is 0.339 e. The van der Waals surface area contributed by atoms with Gasteiger partial charge in [-0.3, -0.25) is 14.9 Å². The van der Waals surface area contributed by atoms with Crippen molar-refractivity contribution in [3.63, 3.8) is 0 Å². The summed E-state index contributed by atoms with van der Waals surface area (Å²) in [6.45, 7) is -0.596. The summed E-state index contributed by atoms with van der Waals surface area (Å²) in [4.78, 5) is 42.7. The van der Waals surface area contributed by atoms with E-state index in [2.05, 4.69) is 5.32 Å². The largest absolute Gasteiger partial charge is 0.497 e. The van der Waals surface area contributed by atoms with Crippen molar-refractivity contribution in [2.75, 3.05) is 13.7 Å². The first-order valence-electron chi connectivity index (χ1n) is 11.3. The molecule has 0 aliphatic heterocycles. The number of nitrogens with zero attached hydrogens (tertiary/aromatic N) is 1. The Bertz CT molecular complexity index is 1490. The summed E-state index contributed by atoms with van der Waals surface area (Å²) in [5, 5.41) is 2.88. The maximum atomic E-state index is 13.2. The maximum Gasteiger partial charge on any atom is 0.339 e. The Hall–Kier alpha value is -4.72. The number of fused-ring (bicyclic) bond motifs is 2. The predicted octanol–water partition coefficient (Wildman–Crippen LogP) is 4.44. The number of allylic oxidation sites excluding steroid dienone is 1. The minimum atomic E-state index is -0.724. The molecule has 0 unspecified atom stereocenters. The zero-order chi connectivity index (χ0) is 25.1. The number of para-hydroxylation sites is 1. The van der Waals surface area contributed by atoms with E-state index in [9.17, 15) is 14.4 Å². The van der Waals surface area contributed by atoms with Gasteiger partial charge in [-0.1, -0.05) is 18.2 Å². The van der Waals surface area contributed by atoms with Gasteiger partial charge < -0.3 is 13.9 Å². The van der Waals surface area contributed by atoms with Gasteiger partial charge in [-0.05, 0) is 72.5 Å². The van der Waals surface area contributed by atoms with E-state index in [1.165, 1.54) is 19.2 Å². The average Bonchev–Trinajstić information content (AvgIpc) is 3.56. The molecular formula is C28H22N2O6. The van der Waals surface area contributed by atoms with Crippen LogP contribution in [0.3, 0.4) is 0 Å². The predicted molar refractivity (Wildman–Crippen MR) is 132 cm³/mol. The van der Waals surface area contributed by atoms with Crippen LogP contribution in [0.25, 0.3) is 22.6 Å². The van der Waals surface area contributed by atoms with E-state index in [4.69, 9.17) is 18.9 Å². The standard InChI is InChI=1S/C28H22N2O6/c1-34-19-11-8-17(9-12-19)27(32)30-24(31)16-36-28(33)25-21-6-2-3-7-23(21)29-26-18(10-13-22(25)26)15-20-5-4-14-35-20/h2-9,11-12,14-15H,10,13,16H2,1H3,(H,30,31,32)/b18-15+. The lowest BCUT2D eigenvalue weighted by Gasteiger charge is -2.12. The number of ether oxygens (including phenoxy) is 2. The molecule has 2 aromatic carbocycles.